The van der Waals surface area contributed by atoms with Crippen LogP contribution in [0.2, 0.25) is 5.02 Å². The van der Waals surface area contributed by atoms with E-state index in [0.29, 0.717) is 24.4 Å². The SMILES string of the molecule is NCCC(=O)NC1CCC(NC(=O)C2Cc3cccc(Cl)c3N2)CC1. The Morgan fingerprint density at radius 2 is 1.84 bits per heavy atom. The molecule has 1 aromatic rings. The summed E-state index contributed by atoms with van der Waals surface area (Å²) in [6.07, 6.45) is 4.54. The summed E-state index contributed by atoms with van der Waals surface area (Å²) in [5.74, 6) is 0.0302. The van der Waals surface area contributed by atoms with Crippen LogP contribution in [0.5, 0.6) is 0 Å². The summed E-state index contributed by atoms with van der Waals surface area (Å²) in [4.78, 5) is 24.1. The first-order valence-electron chi connectivity index (χ1n) is 8.90. The fraction of sp³-hybridized carbons (Fsp3) is 0.556. The minimum atomic E-state index is -0.267. The van der Waals surface area contributed by atoms with Crippen LogP contribution in [-0.2, 0) is 16.0 Å². The Hall–Kier alpha value is -1.79. The fourth-order valence-electron chi connectivity index (χ4n) is 3.62. The van der Waals surface area contributed by atoms with Gasteiger partial charge in [-0.15, -0.1) is 0 Å². The molecule has 1 saturated carbocycles. The molecule has 0 aromatic heterocycles. The predicted octanol–water partition coefficient (Wildman–Crippen LogP) is 1.57. The van der Waals surface area contributed by atoms with E-state index in [4.69, 9.17) is 17.3 Å². The van der Waals surface area contributed by atoms with Gasteiger partial charge in [0.25, 0.3) is 0 Å². The van der Waals surface area contributed by atoms with E-state index in [-0.39, 0.29) is 29.9 Å². The van der Waals surface area contributed by atoms with Gasteiger partial charge in [0.05, 0.1) is 10.7 Å². The van der Waals surface area contributed by atoms with Crippen LogP contribution in [0.4, 0.5) is 5.69 Å². The van der Waals surface area contributed by atoms with Crippen molar-refractivity contribution < 1.29 is 9.59 Å². The van der Waals surface area contributed by atoms with E-state index in [1.807, 2.05) is 18.2 Å². The summed E-state index contributed by atoms with van der Waals surface area (Å²) in [6.45, 7) is 0.373. The number of fused-ring (bicyclic) bond motifs is 1. The van der Waals surface area contributed by atoms with Crippen LogP contribution in [0.3, 0.4) is 0 Å². The second-order valence-electron chi connectivity index (χ2n) is 6.84. The smallest absolute Gasteiger partial charge is 0.243 e. The Morgan fingerprint density at radius 3 is 2.48 bits per heavy atom. The van der Waals surface area contributed by atoms with Gasteiger partial charge in [0, 0.05) is 31.5 Å². The number of para-hydroxylation sites is 1. The number of hydrogen-bond donors (Lipinski definition) is 4. The van der Waals surface area contributed by atoms with Crippen molar-refractivity contribution in [1.82, 2.24) is 10.6 Å². The van der Waals surface area contributed by atoms with E-state index in [0.717, 1.165) is 36.9 Å². The zero-order valence-corrected chi connectivity index (χ0v) is 14.9. The molecule has 1 aliphatic carbocycles. The molecule has 2 aliphatic rings. The van der Waals surface area contributed by atoms with Gasteiger partial charge < -0.3 is 21.7 Å². The minimum Gasteiger partial charge on any atom is -0.372 e. The number of halogens is 1. The largest absolute Gasteiger partial charge is 0.372 e. The molecule has 1 aromatic carbocycles. The van der Waals surface area contributed by atoms with Gasteiger partial charge in [-0.1, -0.05) is 23.7 Å². The number of nitrogens with one attached hydrogen (secondary N) is 3. The number of anilines is 1. The first kappa shape index (κ1) is 18.0. The van der Waals surface area contributed by atoms with Gasteiger partial charge in [0.15, 0.2) is 0 Å². The van der Waals surface area contributed by atoms with E-state index in [9.17, 15) is 9.59 Å². The number of benzene rings is 1. The summed E-state index contributed by atoms with van der Waals surface area (Å²) in [5, 5.41) is 10.0. The number of nitrogens with two attached hydrogens (primary N) is 1. The topological polar surface area (TPSA) is 96.2 Å². The highest BCUT2D eigenvalue weighted by Gasteiger charge is 2.30. The lowest BCUT2D eigenvalue weighted by molar-refractivity contribution is -0.123. The number of rotatable bonds is 5. The molecule has 6 nitrogen and oxygen atoms in total. The molecule has 25 heavy (non-hydrogen) atoms. The first-order valence-corrected chi connectivity index (χ1v) is 9.28. The minimum absolute atomic E-state index is 0.0137. The zero-order chi connectivity index (χ0) is 17.8. The van der Waals surface area contributed by atoms with Crippen molar-refractivity contribution in [3.63, 3.8) is 0 Å². The van der Waals surface area contributed by atoms with Crippen molar-refractivity contribution in [3.8, 4) is 0 Å². The Labute approximate surface area is 152 Å². The third-order valence-corrected chi connectivity index (χ3v) is 5.28. The standard InChI is InChI=1S/C18H25ClN4O2/c19-14-3-1-2-11-10-15(23-17(11)14)18(25)22-13-6-4-12(5-7-13)21-16(24)8-9-20/h1-3,12-13,15,23H,4-10,20H2,(H,21,24)(H,22,25). The average molecular weight is 365 g/mol. The molecule has 0 saturated heterocycles. The van der Waals surface area contributed by atoms with Gasteiger partial charge >= 0.3 is 0 Å². The highest BCUT2D eigenvalue weighted by Crippen LogP contribution is 2.33. The molecule has 136 valence electrons. The second kappa shape index (κ2) is 8.06. The number of carbonyl (C=O) groups excluding carboxylic acids is 2. The third-order valence-electron chi connectivity index (χ3n) is 4.97. The Bertz CT molecular complexity index is 644. The van der Waals surface area contributed by atoms with Crippen LogP contribution in [-0.4, -0.2) is 36.5 Å². The quantitative estimate of drug-likeness (QED) is 0.637. The summed E-state index contributed by atoms with van der Waals surface area (Å²) in [6, 6.07) is 5.82. The van der Waals surface area contributed by atoms with Crippen LogP contribution in [0, 0.1) is 0 Å². The van der Waals surface area contributed by atoms with Crippen LogP contribution >= 0.6 is 11.6 Å². The van der Waals surface area contributed by atoms with E-state index in [1.54, 1.807) is 0 Å². The molecular weight excluding hydrogens is 340 g/mol. The third kappa shape index (κ3) is 4.44. The lowest BCUT2D eigenvalue weighted by atomic mass is 9.90. The molecule has 0 bridgehead atoms. The monoisotopic (exact) mass is 364 g/mol. The van der Waals surface area contributed by atoms with Crippen molar-refractivity contribution in [3.05, 3.63) is 28.8 Å². The maximum atomic E-state index is 12.5. The van der Waals surface area contributed by atoms with Gasteiger partial charge in [-0.05, 0) is 37.3 Å². The summed E-state index contributed by atoms with van der Waals surface area (Å²) < 4.78 is 0. The second-order valence-corrected chi connectivity index (χ2v) is 7.25. The van der Waals surface area contributed by atoms with Crippen molar-refractivity contribution in [2.45, 2.75) is 56.7 Å². The van der Waals surface area contributed by atoms with Crippen molar-refractivity contribution in [2.24, 2.45) is 5.73 Å². The number of hydrogen-bond acceptors (Lipinski definition) is 4. The molecule has 5 N–H and O–H groups in total. The van der Waals surface area contributed by atoms with Crippen LogP contribution in [0.1, 0.15) is 37.7 Å². The van der Waals surface area contributed by atoms with E-state index in [1.165, 1.54) is 0 Å². The fourth-order valence-corrected chi connectivity index (χ4v) is 3.87. The molecule has 1 fully saturated rings. The van der Waals surface area contributed by atoms with Gasteiger partial charge in [0.1, 0.15) is 6.04 Å². The lowest BCUT2D eigenvalue weighted by Gasteiger charge is -2.30. The predicted molar refractivity (Wildman–Crippen MR) is 98.6 cm³/mol. The maximum Gasteiger partial charge on any atom is 0.243 e. The van der Waals surface area contributed by atoms with Crippen molar-refractivity contribution >= 4 is 29.1 Å². The van der Waals surface area contributed by atoms with E-state index in [2.05, 4.69) is 16.0 Å². The number of amides is 2. The van der Waals surface area contributed by atoms with Crippen molar-refractivity contribution in [1.29, 1.82) is 0 Å². The van der Waals surface area contributed by atoms with Gasteiger partial charge in [-0.3, -0.25) is 9.59 Å². The zero-order valence-electron chi connectivity index (χ0n) is 14.2. The first-order chi connectivity index (χ1) is 12.1. The van der Waals surface area contributed by atoms with Gasteiger partial charge in [0.2, 0.25) is 11.8 Å². The molecule has 1 heterocycles. The van der Waals surface area contributed by atoms with E-state index < -0.39 is 0 Å². The van der Waals surface area contributed by atoms with Crippen molar-refractivity contribution in [2.75, 3.05) is 11.9 Å². The normalized spacial score (nSPS) is 25.0. The van der Waals surface area contributed by atoms with E-state index >= 15 is 0 Å². The Kier molecular flexibility index (Phi) is 5.81. The van der Waals surface area contributed by atoms with Crippen LogP contribution in [0.25, 0.3) is 0 Å². The highest BCUT2D eigenvalue weighted by molar-refractivity contribution is 6.33. The average Bonchev–Trinajstić information content (AvgIpc) is 3.03. The molecular formula is C18H25ClN4O2. The van der Waals surface area contributed by atoms with Gasteiger partial charge in [-0.2, -0.15) is 0 Å². The molecule has 2 amide bonds. The molecule has 1 unspecified atom stereocenters. The number of carbonyl (C=O) groups is 2. The van der Waals surface area contributed by atoms with Crippen LogP contribution < -0.4 is 21.7 Å². The molecule has 1 aliphatic heterocycles. The molecule has 1 atom stereocenters. The molecule has 7 heteroatoms. The highest BCUT2D eigenvalue weighted by atomic mass is 35.5. The van der Waals surface area contributed by atoms with Gasteiger partial charge in [-0.25, -0.2) is 0 Å². The van der Waals surface area contributed by atoms with Crippen LogP contribution in [0.15, 0.2) is 18.2 Å². The lowest BCUT2D eigenvalue weighted by Crippen LogP contribution is -2.47. The molecule has 0 radical (unpaired) electrons. The summed E-state index contributed by atoms with van der Waals surface area (Å²) >= 11 is 6.17. The maximum absolute atomic E-state index is 12.5. The summed E-state index contributed by atoms with van der Waals surface area (Å²) in [7, 11) is 0. The Balaban J connectivity index is 1.45. The summed E-state index contributed by atoms with van der Waals surface area (Å²) in [5.41, 5.74) is 7.34. The Morgan fingerprint density at radius 1 is 1.16 bits per heavy atom. The molecule has 3 rings (SSSR count). The molecule has 0 spiro atoms.